The smallest absolute Gasteiger partial charge is 0.252 e. The van der Waals surface area contributed by atoms with Crippen molar-refractivity contribution in [3.8, 4) is 0 Å². The topological polar surface area (TPSA) is 104 Å². The highest BCUT2D eigenvalue weighted by Gasteiger charge is 2.12. The van der Waals surface area contributed by atoms with Crippen molar-refractivity contribution in [1.82, 2.24) is 10.0 Å². The van der Waals surface area contributed by atoms with Crippen LogP contribution in [-0.4, -0.2) is 33.8 Å². The Morgan fingerprint density at radius 1 is 1.04 bits per heavy atom. The number of hydrogen-bond donors (Lipinski definition) is 3. The Morgan fingerprint density at radius 3 is 2.31 bits per heavy atom. The van der Waals surface area contributed by atoms with Crippen LogP contribution in [0.3, 0.4) is 0 Å². The van der Waals surface area contributed by atoms with Crippen molar-refractivity contribution in [3.05, 3.63) is 59.1 Å². The molecule has 0 atom stereocenters. The summed E-state index contributed by atoms with van der Waals surface area (Å²) < 4.78 is 25.5. The Balaban J connectivity index is 1.84. The second-order valence-electron chi connectivity index (χ2n) is 5.27. The predicted octanol–water partition coefficient (Wildman–Crippen LogP) is 2.01. The first kappa shape index (κ1) is 19.9. The lowest BCUT2D eigenvalue weighted by atomic mass is 10.2. The van der Waals surface area contributed by atoms with Gasteiger partial charge in [0, 0.05) is 18.7 Å². The minimum atomic E-state index is -3.52. The van der Waals surface area contributed by atoms with Gasteiger partial charge in [-0.3, -0.25) is 9.59 Å². The number of amides is 2. The molecule has 138 valence electrons. The van der Waals surface area contributed by atoms with E-state index in [1.165, 1.54) is 31.3 Å². The molecule has 0 aliphatic carbocycles. The molecule has 0 radical (unpaired) electrons. The average Bonchev–Trinajstić information content (AvgIpc) is 2.62. The van der Waals surface area contributed by atoms with E-state index in [0.717, 1.165) is 0 Å². The summed E-state index contributed by atoms with van der Waals surface area (Å²) >= 11 is 5.94. The fraction of sp³-hybridized carbons (Fsp3) is 0.176. The normalized spacial score (nSPS) is 11.0. The van der Waals surface area contributed by atoms with Gasteiger partial charge in [0.15, 0.2) is 0 Å². The van der Waals surface area contributed by atoms with Gasteiger partial charge in [-0.2, -0.15) is 0 Å². The quantitative estimate of drug-likeness (QED) is 0.666. The maximum Gasteiger partial charge on any atom is 0.252 e. The van der Waals surface area contributed by atoms with Crippen LogP contribution in [0.25, 0.3) is 0 Å². The van der Waals surface area contributed by atoms with Gasteiger partial charge in [0.1, 0.15) is 0 Å². The van der Waals surface area contributed by atoms with E-state index in [-0.39, 0.29) is 29.7 Å². The molecule has 2 aromatic rings. The second-order valence-corrected chi connectivity index (χ2v) is 7.56. The van der Waals surface area contributed by atoms with Gasteiger partial charge in [-0.15, -0.1) is 0 Å². The molecule has 0 aromatic heterocycles. The van der Waals surface area contributed by atoms with Crippen molar-refractivity contribution in [2.45, 2.75) is 11.3 Å². The zero-order valence-electron chi connectivity index (χ0n) is 14.0. The Bertz CT molecular complexity index is 898. The van der Waals surface area contributed by atoms with Crippen molar-refractivity contribution < 1.29 is 18.0 Å². The van der Waals surface area contributed by atoms with E-state index in [0.29, 0.717) is 16.3 Å². The first-order valence-electron chi connectivity index (χ1n) is 7.69. The van der Waals surface area contributed by atoms with E-state index in [4.69, 9.17) is 11.6 Å². The fourth-order valence-electron chi connectivity index (χ4n) is 2.09. The Kier molecular flexibility index (Phi) is 6.73. The number of halogens is 1. The van der Waals surface area contributed by atoms with Crippen LogP contribution in [-0.2, 0) is 14.8 Å². The van der Waals surface area contributed by atoms with Gasteiger partial charge in [0.2, 0.25) is 15.9 Å². The largest absolute Gasteiger partial charge is 0.351 e. The van der Waals surface area contributed by atoms with Crippen LogP contribution < -0.4 is 15.4 Å². The molecule has 0 aliphatic heterocycles. The molecule has 2 rings (SSSR count). The highest BCUT2D eigenvalue weighted by molar-refractivity contribution is 7.89. The fourth-order valence-corrected chi connectivity index (χ4v) is 3.04. The van der Waals surface area contributed by atoms with Crippen LogP contribution in [0.1, 0.15) is 16.8 Å². The van der Waals surface area contributed by atoms with E-state index in [1.807, 2.05) is 0 Å². The SMILES string of the molecule is CNS(=O)(=O)c1ccc(NC(=O)CCNC(=O)c2ccccc2Cl)cc1. The lowest BCUT2D eigenvalue weighted by Crippen LogP contribution is -2.27. The Morgan fingerprint density at radius 2 is 1.69 bits per heavy atom. The van der Waals surface area contributed by atoms with Gasteiger partial charge in [0.05, 0.1) is 15.5 Å². The first-order chi connectivity index (χ1) is 12.3. The summed E-state index contributed by atoms with van der Waals surface area (Å²) in [4.78, 5) is 24.0. The summed E-state index contributed by atoms with van der Waals surface area (Å²) in [6.45, 7) is 0.141. The van der Waals surface area contributed by atoms with Crippen molar-refractivity contribution in [1.29, 1.82) is 0 Å². The molecule has 3 N–H and O–H groups in total. The van der Waals surface area contributed by atoms with Crippen LogP contribution in [0.4, 0.5) is 5.69 Å². The summed E-state index contributed by atoms with van der Waals surface area (Å²) in [6.07, 6.45) is 0.0623. The molecule has 0 spiro atoms. The lowest BCUT2D eigenvalue weighted by molar-refractivity contribution is -0.116. The number of hydrogen-bond acceptors (Lipinski definition) is 4. The number of nitrogens with one attached hydrogen (secondary N) is 3. The van der Waals surface area contributed by atoms with E-state index in [9.17, 15) is 18.0 Å². The lowest BCUT2D eigenvalue weighted by Gasteiger charge is -2.08. The first-order valence-corrected chi connectivity index (χ1v) is 9.56. The van der Waals surface area contributed by atoms with Crippen LogP contribution in [0.5, 0.6) is 0 Å². The number of carbonyl (C=O) groups is 2. The molecule has 0 bridgehead atoms. The third kappa shape index (κ3) is 5.29. The molecule has 0 saturated heterocycles. The van der Waals surface area contributed by atoms with Crippen molar-refractivity contribution in [2.24, 2.45) is 0 Å². The zero-order chi connectivity index (χ0) is 19.2. The van der Waals surface area contributed by atoms with E-state index in [2.05, 4.69) is 15.4 Å². The molecule has 0 aliphatic rings. The summed E-state index contributed by atoms with van der Waals surface area (Å²) in [6, 6.07) is 12.4. The van der Waals surface area contributed by atoms with Crippen molar-refractivity contribution >= 4 is 39.1 Å². The third-order valence-electron chi connectivity index (χ3n) is 3.47. The van der Waals surface area contributed by atoms with Gasteiger partial charge in [0.25, 0.3) is 5.91 Å². The van der Waals surface area contributed by atoms with E-state index >= 15 is 0 Å². The van der Waals surface area contributed by atoms with Crippen LogP contribution in [0.2, 0.25) is 5.02 Å². The molecule has 26 heavy (non-hydrogen) atoms. The number of sulfonamides is 1. The monoisotopic (exact) mass is 395 g/mol. The van der Waals surface area contributed by atoms with Crippen molar-refractivity contribution in [2.75, 3.05) is 18.9 Å². The molecule has 2 amide bonds. The van der Waals surface area contributed by atoms with Crippen LogP contribution >= 0.6 is 11.6 Å². The number of benzene rings is 2. The summed E-state index contributed by atoms with van der Waals surface area (Å²) in [7, 11) is -2.20. The number of carbonyl (C=O) groups excluding carboxylic acids is 2. The molecular formula is C17H18ClN3O4S. The maximum absolute atomic E-state index is 12.0. The molecule has 0 saturated carbocycles. The zero-order valence-corrected chi connectivity index (χ0v) is 15.5. The van der Waals surface area contributed by atoms with Gasteiger partial charge in [-0.05, 0) is 43.4 Å². The second kappa shape index (κ2) is 8.79. The standard InChI is InChI=1S/C17H18ClN3O4S/c1-19-26(24,25)13-8-6-12(7-9-13)21-16(22)10-11-20-17(23)14-4-2-3-5-15(14)18/h2-9,19H,10-11H2,1H3,(H,20,23)(H,21,22). The highest BCUT2D eigenvalue weighted by atomic mass is 35.5. The van der Waals surface area contributed by atoms with Crippen molar-refractivity contribution in [3.63, 3.8) is 0 Å². The number of anilines is 1. The predicted molar refractivity (Wildman–Crippen MR) is 99.7 cm³/mol. The summed E-state index contributed by atoms with van der Waals surface area (Å²) in [5, 5.41) is 5.59. The van der Waals surface area contributed by atoms with Gasteiger partial charge >= 0.3 is 0 Å². The molecule has 2 aromatic carbocycles. The minimum absolute atomic E-state index is 0.0623. The van der Waals surface area contributed by atoms with Gasteiger partial charge in [-0.25, -0.2) is 13.1 Å². The van der Waals surface area contributed by atoms with Crippen LogP contribution in [0.15, 0.2) is 53.4 Å². The average molecular weight is 396 g/mol. The third-order valence-corrected chi connectivity index (χ3v) is 5.23. The Labute approximate surface area is 156 Å². The van der Waals surface area contributed by atoms with Gasteiger partial charge < -0.3 is 10.6 Å². The molecule has 0 heterocycles. The molecular weight excluding hydrogens is 378 g/mol. The molecule has 7 nitrogen and oxygen atoms in total. The summed E-state index contributed by atoms with van der Waals surface area (Å²) in [5.41, 5.74) is 0.804. The molecule has 9 heteroatoms. The van der Waals surface area contributed by atoms with Gasteiger partial charge in [-0.1, -0.05) is 23.7 Å². The minimum Gasteiger partial charge on any atom is -0.351 e. The number of rotatable bonds is 7. The highest BCUT2D eigenvalue weighted by Crippen LogP contribution is 2.15. The summed E-state index contributed by atoms with van der Waals surface area (Å²) in [5.74, 6) is -0.668. The van der Waals surface area contributed by atoms with E-state index in [1.54, 1.807) is 24.3 Å². The van der Waals surface area contributed by atoms with Crippen LogP contribution in [0, 0.1) is 0 Å². The Hall–Kier alpha value is -2.42. The maximum atomic E-state index is 12.0. The molecule has 0 unspecified atom stereocenters. The van der Waals surface area contributed by atoms with E-state index < -0.39 is 10.0 Å². The molecule has 0 fully saturated rings.